The molecule has 0 heterocycles. The maximum atomic E-state index is 8.89. The molecule has 1 fully saturated rings. The van der Waals surface area contributed by atoms with Gasteiger partial charge in [0, 0.05) is 12.5 Å². The van der Waals surface area contributed by atoms with E-state index in [4.69, 9.17) is 9.84 Å². The molecule has 9 heavy (non-hydrogen) atoms. The highest BCUT2D eigenvalue weighted by atomic mass is 16.5. The molecule has 0 radical (unpaired) electrons. The third-order valence-corrected chi connectivity index (χ3v) is 2.20. The second kappa shape index (κ2) is 2.67. The second-order valence-corrected chi connectivity index (χ2v) is 2.94. The van der Waals surface area contributed by atoms with Gasteiger partial charge in [0.15, 0.2) is 0 Å². The highest BCUT2D eigenvalue weighted by Gasteiger charge is 2.35. The molecule has 0 atom stereocenters. The predicted molar refractivity (Wildman–Crippen MR) is 35.2 cm³/mol. The molecule has 0 unspecified atom stereocenters. The number of methoxy groups -OCH3 is 1. The summed E-state index contributed by atoms with van der Waals surface area (Å²) in [7, 11) is 1.69. The molecule has 0 spiro atoms. The molecule has 1 N–H and O–H groups in total. The van der Waals surface area contributed by atoms with Crippen molar-refractivity contribution in [2.24, 2.45) is 5.41 Å². The molecule has 1 saturated carbocycles. The zero-order valence-electron chi connectivity index (χ0n) is 5.89. The molecule has 2 heteroatoms. The molecule has 0 aromatic carbocycles. The smallest absolute Gasteiger partial charge is 0.0540 e. The topological polar surface area (TPSA) is 29.5 Å². The summed E-state index contributed by atoms with van der Waals surface area (Å²) in [6.45, 7) is 1.02. The molecule has 1 aliphatic carbocycles. The number of hydrogen-bond donors (Lipinski definition) is 1. The second-order valence-electron chi connectivity index (χ2n) is 2.94. The lowest BCUT2D eigenvalue weighted by Crippen LogP contribution is -2.37. The Labute approximate surface area is 55.8 Å². The minimum atomic E-state index is 0.148. The van der Waals surface area contributed by atoms with Crippen LogP contribution in [0.3, 0.4) is 0 Å². The summed E-state index contributed by atoms with van der Waals surface area (Å²) in [5, 5.41) is 8.89. The Morgan fingerprint density at radius 1 is 1.56 bits per heavy atom. The molecular weight excluding hydrogens is 116 g/mol. The van der Waals surface area contributed by atoms with Gasteiger partial charge in [-0.3, -0.25) is 0 Å². The highest BCUT2D eigenvalue weighted by Crippen LogP contribution is 2.40. The Hall–Kier alpha value is -0.0800. The van der Waals surface area contributed by atoms with Gasteiger partial charge < -0.3 is 9.84 Å². The summed E-state index contributed by atoms with van der Waals surface area (Å²) in [5.74, 6) is 0. The maximum absolute atomic E-state index is 8.89. The summed E-state index contributed by atoms with van der Waals surface area (Å²) in [6, 6.07) is 0. The normalized spacial score (nSPS) is 23.3. The van der Waals surface area contributed by atoms with E-state index in [9.17, 15) is 0 Å². The van der Waals surface area contributed by atoms with Crippen molar-refractivity contribution >= 4 is 0 Å². The molecular formula is C7H14O2. The summed E-state index contributed by atoms with van der Waals surface area (Å²) >= 11 is 0. The van der Waals surface area contributed by atoms with Crippen molar-refractivity contribution in [1.29, 1.82) is 0 Å². The van der Waals surface area contributed by atoms with Crippen LogP contribution in [0, 0.1) is 5.41 Å². The van der Waals surface area contributed by atoms with E-state index in [2.05, 4.69) is 0 Å². The average molecular weight is 130 g/mol. The van der Waals surface area contributed by atoms with Crippen LogP contribution in [0.1, 0.15) is 19.3 Å². The number of rotatable bonds is 3. The summed E-state index contributed by atoms with van der Waals surface area (Å²) in [6.07, 6.45) is 3.53. The monoisotopic (exact) mass is 130 g/mol. The van der Waals surface area contributed by atoms with Gasteiger partial charge in [0.2, 0.25) is 0 Å². The van der Waals surface area contributed by atoms with E-state index >= 15 is 0 Å². The van der Waals surface area contributed by atoms with Gasteiger partial charge >= 0.3 is 0 Å². The minimum Gasteiger partial charge on any atom is -0.396 e. The summed E-state index contributed by atoms with van der Waals surface area (Å²) in [4.78, 5) is 0. The van der Waals surface area contributed by atoms with Crippen molar-refractivity contribution in [1.82, 2.24) is 0 Å². The molecule has 0 amide bonds. The molecule has 2 nitrogen and oxygen atoms in total. The van der Waals surface area contributed by atoms with Crippen LogP contribution in [-0.4, -0.2) is 25.4 Å². The standard InChI is InChI=1S/C7H14O2/c1-9-6-7(5-8)3-2-4-7/h8H,2-6H2,1H3. The van der Waals surface area contributed by atoms with Gasteiger partial charge in [0.1, 0.15) is 0 Å². The van der Waals surface area contributed by atoms with E-state index in [1.807, 2.05) is 0 Å². The fourth-order valence-electron chi connectivity index (χ4n) is 1.33. The van der Waals surface area contributed by atoms with Crippen LogP contribution in [0.4, 0.5) is 0 Å². The average Bonchev–Trinajstić information content (AvgIpc) is 1.79. The molecule has 1 aliphatic rings. The lowest BCUT2D eigenvalue weighted by Gasteiger charge is -2.39. The summed E-state index contributed by atoms with van der Waals surface area (Å²) < 4.78 is 4.98. The van der Waals surface area contributed by atoms with E-state index in [0.29, 0.717) is 6.61 Å². The Morgan fingerprint density at radius 2 is 2.22 bits per heavy atom. The van der Waals surface area contributed by atoms with Gasteiger partial charge in [-0.2, -0.15) is 0 Å². The van der Waals surface area contributed by atoms with Gasteiger partial charge in [-0.05, 0) is 12.8 Å². The van der Waals surface area contributed by atoms with Gasteiger partial charge in [-0.25, -0.2) is 0 Å². The molecule has 0 saturated heterocycles. The molecule has 1 rings (SSSR count). The Morgan fingerprint density at radius 3 is 2.33 bits per heavy atom. The van der Waals surface area contributed by atoms with E-state index in [1.165, 1.54) is 6.42 Å². The zero-order valence-corrected chi connectivity index (χ0v) is 5.89. The van der Waals surface area contributed by atoms with Crippen molar-refractivity contribution < 1.29 is 9.84 Å². The third kappa shape index (κ3) is 1.25. The maximum Gasteiger partial charge on any atom is 0.0540 e. The fourth-order valence-corrected chi connectivity index (χ4v) is 1.33. The largest absolute Gasteiger partial charge is 0.396 e. The first-order valence-electron chi connectivity index (χ1n) is 3.43. The first-order chi connectivity index (χ1) is 4.33. The van der Waals surface area contributed by atoms with Crippen molar-refractivity contribution in [3.05, 3.63) is 0 Å². The number of aliphatic hydroxyl groups is 1. The van der Waals surface area contributed by atoms with Crippen LogP contribution >= 0.6 is 0 Å². The Balaban J connectivity index is 2.28. The van der Waals surface area contributed by atoms with Crippen molar-refractivity contribution in [2.75, 3.05) is 20.3 Å². The van der Waals surface area contributed by atoms with Crippen molar-refractivity contribution in [3.8, 4) is 0 Å². The van der Waals surface area contributed by atoms with Crippen LogP contribution in [0.5, 0.6) is 0 Å². The first-order valence-corrected chi connectivity index (χ1v) is 3.43. The predicted octanol–water partition coefficient (Wildman–Crippen LogP) is 0.795. The Kier molecular flexibility index (Phi) is 2.09. The van der Waals surface area contributed by atoms with Crippen LogP contribution in [-0.2, 0) is 4.74 Å². The summed E-state index contributed by atoms with van der Waals surface area (Å²) in [5.41, 5.74) is 0.148. The van der Waals surface area contributed by atoms with E-state index < -0.39 is 0 Å². The van der Waals surface area contributed by atoms with Crippen LogP contribution in [0.15, 0.2) is 0 Å². The zero-order chi connectivity index (χ0) is 6.74. The van der Waals surface area contributed by atoms with E-state index in [0.717, 1.165) is 19.4 Å². The number of hydrogen-bond acceptors (Lipinski definition) is 2. The number of ether oxygens (including phenoxy) is 1. The van der Waals surface area contributed by atoms with Gasteiger partial charge in [-0.1, -0.05) is 6.42 Å². The molecule has 0 aromatic heterocycles. The highest BCUT2D eigenvalue weighted by molar-refractivity contribution is 4.86. The first kappa shape index (κ1) is 7.03. The van der Waals surface area contributed by atoms with Gasteiger partial charge in [-0.15, -0.1) is 0 Å². The lowest BCUT2D eigenvalue weighted by atomic mass is 9.70. The molecule has 0 aromatic rings. The number of aliphatic hydroxyl groups excluding tert-OH is 1. The Bertz CT molecular complexity index is 81.4. The van der Waals surface area contributed by atoms with Gasteiger partial charge in [0.05, 0.1) is 13.2 Å². The van der Waals surface area contributed by atoms with Crippen molar-refractivity contribution in [3.63, 3.8) is 0 Å². The van der Waals surface area contributed by atoms with Gasteiger partial charge in [0.25, 0.3) is 0 Å². The lowest BCUT2D eigenvalue weighted by molar-refractivity contribution is -0.0264. The van der Waals surface area contributed by atoms with Crippen LogP contribution in [0.25, 0.3) is 0 Å². The molecule has 54 valence electrons. The molecule has 0 bridgehead atoms. The minimum absolute atomic E-state index is 0.148. The molecule has 0 aliphatic heterocycles. The SMILES string of the molecule is COCC1(CO)CCC1. The van der Waals surface area contributed by atoms with Crippen molar-refractivity contribution in [2.45, 2.75) is 19.3 Å². The quantitative estimate of drug-likeness (QED) is 0.612. The van der Waals surface area contributed by atoms with Crippen LogP contribution < -0.4 is 0 Å². The third-order valence-electron chi connectivity index (χ3n) is 2.20. The fraction of sp³-hybridized carbons (Fsp3) is 1.00. The van der Waals surface area contributed by atoms with Crippen LogP contribution in [0.2, 0.25) is 0 Å². The van der Waals surface area contributed by atoms with E-state index in [1.54, 1.807) is 7.11 Å². The van der Waals surface area contributed by atoms with E-state index in [-0.39, 0.29) is 5.41 Å².